The molecule has 0 saturated heterocycles. The molecule has 0 spiro atoms. The summed E-state index contributed by atoms with van der Waals surface area (Å²) < 4.78 is 7.22. The van der Waals surface area contributed by atoms with Gasteiger partial charge in [0.25, 0.3) is 0 Å². The monoisotopic (exact) mass is 281 g/mol. The lowest BCUT2D eigenvalue weighted by Crippen LogP contribution is -2.32. The Balaban J connectivity index is 1.57. The van der Waals surface area contributed by atoms with E-state index in [9.17, 15) is 4.79 Å². The first-order valence-corrected chi connectivity index (χ1v) is 7.25. The van der Waals surface area contributed by atoms with Gasteiger partial charge in [-0.15, -0.1) is 5.10 Å². The van der Waals surface area contributed by atoms with Crippen LogP contribution in [-0.2, 0) is 22.6 Å². The topological polar surface area (TPSA) is 95.1 Å². The number of nitrogens with one attached hydrogen (secondary N) is 1. The first-order chi connectivity index (χ1) is 9.78. The highest BCUT2D eigenvalue weighted by Gasteiger charge is 2.13. The van der Waals surface area contributed by atoms with Crippen molar-refractivity contribution in [1.82, 2.24) is 20.3 Å². The summed E-state index contributed by atoms with van der Waals surface area (Å²) in [5, 5.41) is 10.5. The van der Waals surface area contributed by atoms with Crippen molar-refractivity contribution in [3.05, 3.63) is 11.9 Å². The Morgan fingerprint density at radius 3 is 2.95 bits per heavy atom. The highest BCUT2D eigenvalue weighted by molar-refractivity contribution is 5.75. The second-order valence-corrected chi connectivity index (χ2v) is 5.09. The van der Waals surface area contributed by atoms with Gasteiger partial charge in [-0.3, -0.25) is 4.79 Å². The van der Waals surface area contributed by atoms with E-state index in [0.717, 1.165) is 12.8 Å². The van der Waals surface area contributed by atoms with Crippen molar-refractivity contribution >= 4 is 5.91 Å². The minimum absolute atomic E-state index is 0.0919. The first kappa shape index (κ1) is 14.9. The van der Waals surface area contributed by atoms with Crippen LogP contribution in [0.3, 0.4) is 0 Å². The molecule has 3 N–H and O–H groups in total. The SMILES string of the molecule is NCc1cn(CC(=O)NCCOC2CCCCC2)nn1. The van der Waals surface area contributed by atoms with Crippen LogP contribution in [0.5, 0.6) is 0 Å². The summed E-state index contributed by atoms with van der Waals surface area (Å²) in [7, 11) is 0. The second-order valence-electron chi connectivity index (χ2n) is 5.09. The molecule has 112 valence electrons. The molecular formula is C13H23N5O2. The zero-order valence-corrected chi connectivity index (χ0v) is 11.8. The standard InChI is InChI=1S/C13H23N5O2/c14-8-11-9-18(17-16-11)10-13(19)15-6-7-20-12-4-2-1-3-5-12/h9,12H,1-8,10,14H2,(H,15,19). The normalized spacial score (nSPS) is 16.2. The molecule has 1 saturated carbocycles. The van der Waals surface area contributed by atoms with Gasteiger partial charge in [0.2, 0.25) is 5.91 Å². The number of rotatable bonds is 7. The summed E-state index contributed by atoms with van der Waals surface area (Å²) in [6.45, 7) is 1.60. The van der Waals surface area contributed by atoms with Gasteiger partial charge in [-0.25, -0.2) is 4.68 Å². The summed E-state index contributed by atoms with van der Waals surface area (Å²) in [4.78, 5) is 11.7. The van der Waals surface area contributed by atoms with Gasteiger partial charge in [-0.2, -0.15) is 0 Å². The van der Waals surface area contributed by atoms with Crippen LogP contribution in [0.1, 0.15) is 37.8 Å². The van der Waals surface area contributed by atoms with Crippen molar-refractivity contribution in [2.24, 2.45) is 5.73 Å². The van der Waals surface area contributed by atoms with Crippen LogP contribution in [0, 0.1) is 0 Å². The molecule has 7 heteroatoms. The average Bonchev–Trinajstić information content (AvgIpc) is 2.92. The van der Waals surface area contributed by atoms with Crippen LogP contribution in [0.15, 0.2) is 6.20 Å². The van der Waals surface area contributed by atoms with Crippen LogP contribution in [-0.4, -0.2) is 40.2 Å². The molecule has 1 heterocycles. The maximum absolute atomic E-state index is 11.7. The third kappa shape index (κ3) is 4.90. The molecule has 1 aromatic rings. The van der Waals surface area contributed by atoms with Crippen LogP contribution >= 0.6 is 0 Å². The van der Waals surface area contributed by atoms with E-state index in [2.05, 4.69) is 15.6 Å². The Labute approximate surface area is 118 Å². The van der Waals surface area contributed by atoms with Gasteiger partial charge in [0.05, 0.1) is 24.6 Å². The van der Waals surface area contributed by atoms with E-state index >= 15 is 0 Å². The fourth-order valence-electron chi connectivity index (χ4n) is 2.36. The van der Waals surface area contributed by atoms with E-state index in [-0.39, 0.29) is 12.5 Å². The quantitative estimate of drug-likeness (QED) is 0.696. The van der Waals surface area contributed by atoms with Crippen molar-refractivity contribution in [2.75, 3.05) is 13.2 Å². The highest BCUT2D eigenvalue weighted by Crippen LogP contribution is 2.19. The molecule has 0 bridgehead atoms. The molecule has 1 aliphatic carbocycles. The number of amides is 1. The van der Waals surface area contributed by atoms with Crippen LogP contribution in [0.4, 0.5) is 0 Å². The third-order valence-corrected chi connectivity index (χ3v) is 3.43. The number of carbonyl (C=O) groups is 1. The first-order valence-electron chi connectivity index (χ1n) is 7.25. The Hall–Kier alpha value is -1.47. The molecular weight excluding hydrogens is 258 g/mol. The fourth-order valence-corrected chi connectivity index (χ4v) is 2.36. The largest absolute Gasteiger partial charge is 0.376 e. The second kappa shape index (κ2) is 7.96. The number of nitrogens with zero attached hydrogens (tertiary/aromatic N) is 3. The molecule has 2 rings (SSSR count). The Morgan fingerprint density at radius 1 is 1.45 bits per heavy atom. The van der Waals surface area contributed by atoms with Crippen molar-refractivity contribution in [3.8, 4) is 0 Å². The minimum atomic E-state index is -0.0919. The lowest BCUT2D eigenvalue weighted by Gasteiger charge is -2.21. The summed E-state index contributed by atoms with van der Waals surface area (Å²) in [5.41, 5.74) is 6.11. The smallest absolute Gasteiger partial charge is 0.241 e. The van der Waals surface area contributed by atoms with Gasteiger partial charge in [-0.05, 0) is 12.8 Å². The highest BCUT2D eigenvalue weighted by atomic mass is 16.5. The summed E-state index contributed by atoms with van der Waals surface area (Å²) in [6.07, 6.45) is 8.18. The van der Waals surface area contributed by atoms with Gasteiger partial charge in [0, 0.05) is 13.1 Å². The van der Waals surface area contributed by atoms with Gasteiger partial charge < -0.3 is 15.8 Å². The molecule has 0 aliphatic heterocycles. The zero-order chi connectivity index (χ0) is 14.2. The molecule has 1 fully saturated rings. The summed E-state index contributed by atoms with van der Waals surface area (Å²) >= 11 is 0. The van der Waals surface area contributed by atoms with E-state index in [4.69, 9.17) is 10.5 Å². The van der Waals surface area contributed by atoms with Crippen LogP contribution < -0.4 is 11.1 Å². The van der Waals surface area contributed by atoms with Crippen molar-refractivity contribution in [2.45, 2.75) is 51.3 Å². The molecule has 0 unspecified atom stereocenters. The van der Waals surface area contributed by atoms with E-state index in [1.54, 1.807) is 6.20 Å². The third-order valence-electron chi connectivity index (χ3n) is 3.43. The van der Waals surface area contributed by atoms with Crippen LogP contribution in [0.2, 0.25) is 0 Å². The maximum Gasteiger partial charge on any atom is 0.241 e. The van der Waals surface area contributed by atoms with Crippen molar-refractivity contribution in [1.29, 1.82) is 0 Å². The summed E-state index contributed by atoms with van der Waals surface area (Å²) in [6, 6.07) is 0. The number of hydrogen-bond donors (Lipinski definition) is 2. The molecule has 0 radical (unpaired) electrons. The van der Waals surface area contributed by atoms with Gasteiger partial charge in [0.15, 0.2) is 0 Å². The number of nitrogens with two attached hydrogens (primary N) is 1. The van der Waals surface area contributed by atoms with Gasteiger partial charge >= 0.3 is 0 Å². The van der Waals surface area contributed by atoms with E-state index in [1.807, 2.05) is 0 Å². The molecule has 0 aromatic carbocycles. The Morgan fingerprint density at radius 2 is 2.25 bits per heavy atom. The van der Waals surface area contributed by atoms with Crippen molar-refractivity contribution in [3.63, 3.8) is 0 Å². The predicted octanol–water partition coefficient (Wildman–Crippen LogP) is 0.202. The molecule has 1 aromatic heterocycles. The number of ether oxygens (including phenoxy) is 1. The molecule has 20 heavy (non-hydrogen) atoms. The lowest BCUT2D eigenvalue weighted by atomic mass is 9.98. The number of aromatic nitrogens is 3. The van der Waals surface area contributed by atoms with E-state index < -0.39 is 0 Å². The zero-order valence-electron chi connectivity index (χ0n) is 11.8. The summed E-state index contributed by atoms with van der Waals surface area (Å²) in [5.74, 6) is -0.0919. The molecule has 7 nitrogen and oxygen atoms in total. The Kier molecular flexibility index (Phi) is 5.94. The Bertz CT molecular complexity index is 415. The van der Waals surface area contributed by atoms with Crippen molar-refractivity contribution < 1.29 is 9.53 Å². The molecule has 0 atom stereocenters. The minimum Gasteiger partial charge on any atom is -0.376 e. The number of carbonyl (C=O) groups excluding carboxylic acids is 1. The van der Waals surface area contributed by atoms with Crippen LogP contribution in [0.25, 0.3) is 0 Å². The lowest BCUT2D eigenvalue weighted by molar-refractivity contribution is -0.122. The predicted molar refractivity (Wildman–Crippen MR) is 73.7 cm³/mol. The van der Waals surface area contributed by atoms with E-state index in [0.29, 0.717) is 31.5 Å². The molecule has 1 amide bonds. The maximum atomic E-state index is 11.7. The average molecular weight is 281 g/mol. The van der Waals surface area contributed by atoms with E-state index in [1.165, 1.54) is 23.9 Å². The van der Waals surface area contributed by atoms with Gasteiger partial charge in [0.1, 0.15) is 6.54 Å². The fraction of sp³-hybridized carbons (Fsp3) is 0.769. The molecule has 1 aliphatic rings. The van der Waals surface area contributed by atoms with Gasteiger partial charge in [-0.1, -0.05) is 24.5 Å². The number of hydrogen-bond acceptors (Lipinski definition) is 5.